The van der Waals surface area contributed by atoms with E-state index in [9.17, 15) is 14.4 Å². The normalized spacial score (nSPS) is 23.5. The van der Waals surface area contributed by atoms with Crippen LogP contribution in [0.5, 0.6) is 0 Å². The van der Waals surface area contributed by atoms with Crippen molar-refractivity contribution in [1.82, 2.24) is 20.9 Å². The van der Waals surface area contributed by atoms with Crippen molar-refractivity contribution in [1.29, 1.82) is 0 Å². The maximum absolute atomic E-state index is 13.0. The summed E-state index contributed by atoms with van der Waals surface area (Å²) in [6.07, 6.45) is 2.84. The van der Waals surface area contributed by atoms with Crippen molar-refractivity contribution in [3.05, 3.63) is 52.0 Å². The average Bonchev–Trinajstić information content (AvgIpc) is 3.26. The minimum Gasteiger partial charge on any atom is -0.351 e. The predicted molar refractivity (Wildman–Crippen MR) is 120 cm³/mol. The first-order valence-corrected chi connectivity index (χ1v) is 11.5. The maximum atomic E-state index is 13.0. The van der Waals surface area contributed by atoms with Crippen LogP contribution in [0.4, 0.5) is 0 Å². The van der Waals surface area contributed by atoms with Gasteiger partial charge in [0.2, 0.25) is 11.8 Å². The lowest BCUT2D eigenvalue weighted by molar-refractivity contribution is -0.130. The number of nitrogens with two attached hydrogens (primary N) is 1. The summed E-state index contributed by atoms with van der Waals surface area (Å²) in [6.45, 7) is 2.33. The molecule has 8 nitrogen and oxygen atoms in total. The second kappa shape index (κ2) is 11.0. The van der Waals surface area contributed by atoms with Crippen LogP contribution in [0.25, 0.3) is 0 Å². The van der Waals surface area contributed by atoms with E-state index in [4.69, 9.17) is 5.73 Å². The van der Waals surface area contributed by atoms with Gasteiger partial charge in [0.25, 0.3) is 5.91 Å². The Balaban J connectivity index is 1.88. The van der Waals surface area contributed by atoms with Crippen molar-refractivity contribution in [3.8, 4) is 0 Å². The summed E-state index contributed by atoms with van der Waals surface area (Å²) in [7, 11) is 0. The van der Waals surface area contributed by atoms with Gasteiger partial charge in [-0.2, -0.15) is 0 Å². The largest absolute Gasteiger partial charge is 0.351 e. The fourth-order valence-corrected chi connectivity index (χ4v) is 4.27. The smallest absolute Gasteiger partial charge is 0.270 e. The molecule has 3 amide bonds. The molecular weight excluding hydrogens is 414 g/mol. The molecule has 0 unspecified atom stereocenters. The molecule has 166 valence electrons. The number of hydrogen-bond acceptors (Lipinski definition) is 6. The van der Waals surface area contributed by atoms with Crippen LogP contribution >= 0.6 is 11.3 Å². The van der Waals surface area contributed by atoms with Crippen molar-refractivity contribution in [3.63, 3.8) is 0 Å². The van der Waals surface area contributed by atoms with Gasteiger partial charge in [-0.15, -0.1) is 11.3 Å². The number of nitrogens with zero attached hydrogens (tertiary/aromatic N) is 1. The van der Waals surface area contributed by atoms with Crippen LogP contribution in [0.1, 0.15) is 59.7 Å². The van der Waals surface area contributed by atoms with Gasteiger partial charge in [0.15, 0.2) is 0 Å². The Bertz CT molecular complexity index is 902. The van der Waals surface area contributed by atoms with Gasteiger partial charge in [-0.05, 0) is 37.7 Å². The van der Waals surface area contributed by atoms with Gasteiger partial charge < -0.3 is 21.7 Å². The lowest BCUT2D eigenvalue weighted by atomic mass is 10.0. The Labute approximate surface area is 186 Å². The van der Waals surface area contributed by atoms with Crippen LogP contribution in [0.15, 0.2) is 35.7 Å². The van der Waals surface area contributed by atoms with E-state index >= 15 is 0 Å². The summed E-state index contributed by atoms with van der Waals surface area (Å²) in [5.41, 5.74) is 7.37. The number of rotatable bonds is 3. The number of carbonyl (C=O) groups excluding carboxylic acids is 3. The van der Waals surface area contributed by atoms with Crippen LogP contribution < -0.4 is 21.7 Å². The minimum absolute atomic E-state index is 0.243. The van der Waals surface area contributed by atoms with E-state index in [1.54, 1.807) is 5.38 Å². The third-order valence-corrected chi connectivity index (χ3v) is 6.22. The number of carbonyl (C=O) groups is 3. The zero-order chi connectivity index (χ0) is 22.2. The lowest BCUT2D eigenvalue weighted by Crippen LogP contribution is -2.52. The Morgan fingerprint density at radius 2 is 1.81 bits per heavy atom. The van der Waals surface area contributed by atoms with E-state index in [1.165, 1.54) is 11.3 Å². The number of thiazole rings is 1. The molecule has 3 atom stereocenters. The second-order valence-electron chi connectivity index (χ2n) is 7.65. The molecule has 1 aliphatic rings. The molecular formula is C22H29N5O3S. The summed E-state index contributed by atoms with van der Waals surface area (Å²) >= 11 is 1.34. The molecule has 0 saturated heterocycles. The van der Waals surface area contributed by atoms with Crippen LogP contribution in [0.3, 0.4) is 0 Å². The van der Waals surface area contributed by atoms with Crippen molar-refractivity contribution >= 4 is 29.1 Å². The monoisotopic (exact) mass is 443 g/mol. The molecule has 31 heavy (non-hydrogen) atoms. The van der Waals surface area contributed by atoms with E-state index in [0.717, 1.165) is 5.56 Å². The van der Waals surface area contributed by atoms with Crippen molar-refractivity contribution in [2.75, 3.05) is 6.54 Å². The van der Waals surface area contributed by atoms with E-state index in [1.807, 2.05) is 37.3 Å². The zero-order valence-corrected chi connectivity index (χ0v) is 18.4. The molecule has 9 heteroatoms. The number of nitrogens with one attached hydrogen (secondary N) is 3. The number of benzene rings is 1. The lowest BCUT2D eigenvalue weighted by Gasteiger charge is -2.23. The molecule has 0 aliphatic carbocycles. The first kappa shape index (κ1) is 22.9. The van der Waals surface area contributed by atoms with Crippen molar-refractivity contribution in [2.45, 2.75) is 57.2 Å². The van der Waals surface area contributed by atoms with Crippen LogP contribution in [0.2, 0.25) is 0 Å². The van der Waals surface area contributed by atoms with Gasteiger partial charge in [0.05, 0.1) is 12.1 Å². The topological polar surface area (TPSA) is 126 Å². The third-order valence-electron chi connectivity index (χ3n) is 5.26. The summed E-state index contributed by atoms with van der Waals surface area (Å²) in [4.78, 5) is 42.4. The van der Waals surface area contributed by atoms with Crippen LogP contribution in [-0.4, -0.2) is 41.3 Å². The standard InChI is InChI=1S/C22H29N5O3S/c1-2-16-21(30)26-17(12-14-8-4-3-5-9-14)22-27-18(13-31-22)20(29)24-11-7-6-10-15(23)19(28)25-16/h3-5,8-9,13,15-17H,2,6-7,10-12,23H2,1H3,(H,24,29)(H,25,28)(H,26,30)/t15-,16+,17-/m0/s1. The van der Waals surface area contributed by atoms with Gasteiger partial charge in [-0.3, -0.25) is 14.4 Å². The Morgan fingerprint density at radius 1 is 1.06 bits per heavy atom. The van der Waals surface area contributed by atoms with E-state index < -0.39 is 18.1 Å². The van der Waals surface area contributed by atoms with Crippen molar-refractivity contribution < 1.29 is 14.4 Å². The van der Waals surface area contributed by atoms with Gasteiger partial charge in [0, 0.05) is 11.9 Å². The Hall–Kier alpha value is -2.78. The fourth-order valence-electron chi connectivity index (χ4n) is 3.42. The number of hydrogen-bond donors (Lipinski definition) is 4. The number of fused-ring (bicyclic) bond motifs is 2. The Morgan fingerprint density at radius 3 is 2.55 bits per heavy atom. The number of aromatic nitrogens is 1. The summed E-state index contributed by atoms with van der Waals surface area (Å²) in [5.74, 6) is -0.876. The van der Waals surface area contributed by atoms with Gasteiger partial charge >= 0.3 is 0 Å². The molecule has 1 aliphatic heterocycles. The summed E-state index contributed by atoms with van der Waals surface area (Å²) in [5, 5.41) is 11.0. The fraction of sp³-hybridized carbons (Fsp3) is 0.455. The highest BCUT2D eigenvalue weighted by atomic mass is 32.1. The second-order valence-corrected chi connectivity index (χ2v) is 8.54. The number of amides is 3. The highest BCUT2D eigenvalue weighted by molar-refractivity contribution is 7.09. The van der Waals surface area contributed by atoms with Crippen molar-refractivity contribution in [2.24, 2.45) is 5.73 Å². The van der Waals surface area contributed by atoms with E-state index in [-0.39, 0.29) is 17.7 Å². The van der Waals surface area contributed by atoms with Gasteiger partial charge in [0.1, 0.15) is 16.7 Å². The van der Waals surface area contributed by atoms with E-state index in [2.05, 4.69) is 20.9 Å². The molecule has 3 rings (SSSR count). The molecule has 0 saturated carbocycles. The first-order chi connectivity index (χ1) is 15.0. The predicted octanol–water partition coefficient (Wildman–Crippen LogP) is 1.68. The molecule has 2 bridgehead atoms. The molecule has 2 aromatic rings. The SMILES string of the molecule is CC[C@H]1NC(=O)[C@@H](N)CCCCNC(=O)c2csc(n2)[C@H](Cc2ccccc2)NC1=O. The van der Waals surface area contributed by atoms with Crippen LogP contribution in [-0.2, 0) is 16.0 Å². The third kappa shape index (κ3) is 6.35. The van der Waals surface area contributed by atoms with Gasteiger partial charge in [-0.1, -0.05) is 37.3 Å². The van der Waals surface area contributed by atoms with Crippen LogP contribution in [0, 0.1) is 0 Å². The minimum atomic E-state index is -0.690. The molecule has 0 radical (unpaired) electrons. The molecule has 1 aromatic heterocycles. The molecule has 5 N–H and O–H groups in total. The first-order valence-electron chi connectivity index (χ1n) is 10.6. The zero-order valence-electron chi connectivity index (χ0n) is 17.6. The molecule has 2 heterocycles. The molecule has 1 aromatic carbocycles. The summed E-state index contributed by atoms with van der Waals surface area (Å²) in [6, 6.07) is 7.95. The summed E-state index contributed by atoms with van der Waals surface area (Å²) < 4.78 is 0. The van der Waals surface area contributed by atoms with Gasteiger partial charge in [-0.25, -0.2) is 4.98 Å². The quantitative estimate of drug-likeness (QED) is 0.574. The highest BCUT2D eigenvalue weighted by Gasteiger charge is 2.27. The average molecular weight is 444 g/mol. The highest BCUT2D eigenvalue weighted by Crippen LogP contribution is 2.23. The maximum Gasteiger partial charge on any atom is 0.270 e. The Kier molecular flexibility index (Phi) is 8.13. The molecule has 0 fully saturated rings. The molecule has 0 spiro atoms. The van der Waals surface area contributed by atoms with E-state index in [0.29, 0.717) is 49.4 Å².